The molecule has 0 unspecified atom stereocenters. The molecule has 9 heteroatoms. The van der Waals surface area contributed by atoms with Crippen LogP contribution in [0.5, 0.6) is 0 Å². The van der Waals surface area contributed by atoms with Gasteiger partial charge in [-0.15, -0.1) is 10.2 Å². The molecule has 1 amide bonds. The minimum Gasteiger partial charge on any atom is -0.419 e. The van der Waals surface area contributed by atoms with E-state index in [4.69, 9.17) is 4.42 Å². The van der Waals surface area contributed by atoms with Crippen LogP contribution < -0.4 is 0 Å². The first-order valence-corrected chi connectivity index (χ1v) is 12.0. The van der Waals surface area contributed by atoms with Crippen LogP contribution in [0.25, 0.3) is 11.5 Å². The molecule has 170 valence electrons. The molecule has 2 aromatic carbocycles. The van der Waals surface area contributed by atoms with Crippen LogP contribution in [0.15, 0.2) is 63.9 Å². The van der Waals surface area contributed by atoms with Crippen LogP contribution >= 0.6 is 0 Å². The highest BCUT2D eigenvalue weighted by molar-refractivity contribution is 7.89. The highest BCUT2D eigenvalue weighted by atomic mass is 32.2. The Bertz CT molecular complexity index is 1160. The molecule has 0 atom stereocenters. The molecule has 3 rings (SSSR count). The second-order valence-electron chi connectivity index (χ2n) is 7.51. The Morgan fingerprint density at radius 1 is 1.00 bits per heavy atom. The number of amides is 1. The van der Waals surface area contributed by atoms with E-state index in [0.29, 0.717) is 24.9 Å². The molecule has 3 aromatic rings. The maximum Gasteiger partial charge on any atom is 0.254 e. The molecule has 0 aliphatic carbocycles. The number of aromatic nitrogens is 2. The predicted octanol–water partition coefficient (Wildman–Crippen LogP) is 3.82. The highest BCUT2D eigenvalue weighted by Gasteiger charge is 2.26. The summed E-state index contributed by atoms with van der Waals surface area (Å²) in [5.74, 6) is 0.373. The number of benzene rings is 2. The lowest BCUT2D eigenvalue weighted by Gasteiger charge is -2.25. The molecule has 1 heterocycles. The number of rotatable bonds is 9. The van der Waals surface area contributed by atoms with Crippen molar-refractivity contribution in [2.75, 3.05) is 13.1 Å². The first-order valence-electron chi connectivity index (χ1n) is 10.6. The fourth-order valence-electron chi connectivity index (χ4n) is 3.32. The maximum absolute atomic E-state index is 13.3. The topological polar surface area (TPSA) is 96.6 Å². The van der Waals surface area contributed by atoms with Gasteiger partial charge in [0.1, 0.15) is 0 Å². The van der Waals surface area contributed by atoms with Gasteiger partial charge < -0.3 is 9.32 Å². The lowest BCUT2D eigenvalue weighted by atomic mass is 10.1. The first kappa shape index (κ1) is 23.6. The Hall–Kier alpha value is -3.04. The van der Waals surface area contributed by atoms with E-state index in [1.165, 1.54) is 16.4 Å². The van der Waals surface area contributed by atoms with Crippen molar-refractivity contribution in [3.63, 3.8) is 0 Å². The zero-order chi connectivity index (χ0) is 23.3. The summed E-state index contributed by atoms with van der Waals surface area (Å²) in [6.45, 7) is 8.15. The van der Waals surface area contributed by atoms with E-state index in [1.807, 2.05) is 44.2 Å². The van der Waals surface area contributed by atoms with E-state index >= 15 is 0 Å². The standard InChI is InChI=1S/C23H28N4O4S/c1-5-26(6-2)32(29,30)20-14-10-13-19(15-20)23(28)27(17(3)4)16-21-24-25-22(31-21)18-11-8-7-9-12-18/h7-15,17H,5-6,16H2,1-4H3. The normalized spacial score (nSPS) is 11.8. The Morgan fingerprint density at radius 2 is 1.69 bits per heavy atom. The summed E-state index contributed by atoms with van der Waals surface area (Å²) in [7, 11) is -3.67. The van der Waals surface area contributed by atoms with E-state index in [0.717, 1.165) is 5.56 Å². The van der Waals surface area contributed by atoms with Crippen molar-refractivity contribution >= 4 is 15.9 Å². The molecule has 0 bridgehead atoms. The average Bonchev–Trinajstić information content (AvgIpc) is 3.27. The molecule has 32 heavy (non-hydrogen) atoms. The Kier molecular flexibility index (Phi) is 7.42. The van der Waals surface area contributed by atoms with Gasteiger partial charge in [0, 0.05) is 30.3 Å². The number of nitrogens with zero attached hydrogens (tertiary/aromatic N) is 4. The zero-order valence-corrected chi connectivity index (χ0v) is 19.5. The molecule has 8 nitrogen and oxygen atoms in total. The van der Waals surface area contributed by atoms with Crippen molar-refractivity contribution in [3.8, 4) is 11.5 Å². The Labute approximate surface area is 188 Å². The molecule has 0 saturated carbocycles. The van der Waals surface area contributed by atoms with Gasteiger partial charge in [-0.25, -0.2) is 8.42 Å². The van der Waals surface area contributed by atoms with E-state index in [1.54, 1.807) is 30.9 Å². The summed E-state index contributed by atoms with van der Waals surface area (Å²) in [6, 6.07) is 15.3. The summed E-state index contributed by atoms with van der Waals surface area (Å²) in [5.41, 5.74) is 1.08. The largest absolute Gasteiger partial charge is 0.419 e. The average molecular weight is 457 g/mol. The third-order valence-electron chi connectivity index (χ3n) is 5.10. The predicted molar refractivity (Wildman–Crippen MR) is 121 cm³/mol. The number of sulfonamides is 1. The molecule has 0 radical (unpaired) electrons. The second kappa shape index (κ2) is 10.1. The van der Waals surface area contributed by atoms with Crippen molar-refractivity contribution in [3.05, 3.63) is 66.1 Å². The van der Waals surface area contributed by atoms with Gasteiger partial charge in [0.25, 0.3) is 5.91 Å². The van der Waals surface area contributed by atoms with Crippen LogP contribution in [0.3, 0.4) is 0 Å². The first-order chi connectivity index (χ1) is 15.3. The fraction of sp³-hybridized carbons (Fsp3) is 0.348. The van der Waals surface area contributed by atoms with Crippen LogP contribution in [-0.4, -0.2) is 52.9 Å². The van der Waals surface area contributed by atoms with Crippen LogP contribution in [-0.2, 0) is 16.6 Å². The molecule has 0 N–H and O–H groups in total. The summed E-state index contributed by atoms with van der Waals surface area (Å²) in [6.07, 6.45) is 0. The van der Waals surface area contributed by atoms with Crippen LogP contribution in [0.1, 0.15) is 43.9 Å². The van der Waals surface area contributed by atoms with Crippen molar-refractivity contribution < 1.29 is 17.6 Å². The van der Waals surface area contributed by atoms with E-state index in [9.17, 15) is 13.2 Å². The Morgan fingerprint density at radius 3 is 2.31 bits per heavy atom. The molecular formula is C23H28N4O4S. The van der Waals surface area contributed by atoms with Gasteiger partial charge in [0.15, 0.2) is 0 Å². The molecule has 0 aliphatic rings. The summed E-state index contributed by atoms with van der Waals surface area (Å²) in [5, 5.41) is 8.16. The minimum absolute atomic E-state index is 0.0971. The second-order valence-corrected chi connectivity index (χ2v) is 9.45. The van der Waals surface area contributed by atoms with Crippen molar-refractivity contribution in [2.45, 2.75) is 45.2 Å². The quantitative estimate of drug-likeness (QED) is 0.486. The summed E-state index contributed by atoms with van der Waals surface area (Å²) >= 11 is 0. The SMILES string of the molecule is CCN(CC)S(=O)(=O)c1cccc(C(=O)N(Cc2nnc(-c3ccccc3)o2)C(C)C)c1. The van der Waals surface area contributed by atoms with Crippen molar-refractivity contribution in [1.82, 2.24) is 19.4 Å². The van der Waals surface area contributed by atoms with Gasteiger partial charge in [-0.2, -0.15) is 4.31 Å². The third kappa shape index (κ3) is 5.05. The minimum atomic E-state index is -3.67. The molecule has 1 aromatic heterocycles. The van der Waals surface area contributed by atoms with Crippen molar-refractivity contribution in [1.29, 1.82) is 0 Å². The molecule has 0 fully saturated rings. The third-order valence-corrected chi connectivity index (χ3v) is 7.15. The lowest BCUT2D eigenvalue weighted by Crippen LogP contribution is -2.36. The smallest absolute Gasteiger partial charge is 0.254 e. The number of carbonyl (C=O) groups excluding carboxylic acids is 1. The zero-order valence-electron chi connectivity index (χ0n) is 18.7. The molecule has 0 aliphatic heterocycles. The van der Waals surface area contributed by atoms with Gasteiger partial charge in [0.05, 0.1) is 11.4 Å². The van der Waals surface area contributed by atoms with E-state index < -0.39 is 10.0 Å². The van der Waals surface area contributed by atoms with Crippen LogP contribution in [0, 0.1) is 0 Å². The summed E-state index contributed by atoms with van der Waals surface area (Å²) in [4.78, 5) is 15.0. The van der Waals surface area contributed by atoms with E-state index in [2.05, 4.69) is 10.2 Å². The molecular weight excluding hydrogens is 428 g/mol. The number of hydrogen-bond donors (Lipinski definition) is 0. The van der Waals surface area contributed by atoms with Gasteiger partial charge in [-0.3, -0.25) is 4.79 Å². The van der Waals surface area contributed by atoms with Gasteiger partial charge in [-0.05, 0) is 44.2 Å². The lowest BCUT2D eigenvalue weighted by molar-refractivity contribution is 0.0672. The molecule has 0 spiro atoms. The van der Waals surface area contributed by atoms with Crippen LogP contribution in [0.2, 0.25) is 0 Å². The Balaban J connectivity index is 1.86. The fourth-order valence-corrected chi connectivity index (χ4v) is 4.82. The van der Waals surface area contributed by atoms with Gasteiger partial charge >= 0.3 is 0 Å². The van der Waals surface area contributed by atoms with Crippen LogP contribution in [0.4, 0.5) is 0 Å². The maximum atomic E-state index is 13.3. The van der Waals surface area contributed by atoms with E-state index in [-0.39, 0.29) is 29.0 Å². The molecule has 0 saturated heterocycles. The summed E-state index contributed by atoms with van der Waals surface area (Å²) < 4.78 is 32.9. The van der Waals surface area contributed by atoms with Gasteiger partial charge in [0.2, 0.25) is 21.8 Å². The highest BCUT2D eigenvalue weighted by Crippen LogP contribution is 2.21. The van der Waals surface area contributed by atoms with Crippen molar-refractivity contribution in [2.24, 2.45) is 0 Å². The monoisotopic (exact) mass is 456 g/mol. The number of carbonyl (C=O) groups is 1. The number of hydrogen-bond acceptors (Lipinski definition) is 6. The van der Waals surface area contributed by atoms with Gasteiger partial charge in [-0.1, -0.05) is 38.1 Å².